The molecule has 1 N–H and O–H groups in total. The molecule has 164 valence electrons. The Hall–Kier alpha value is -3.10. The fraction of sp³-hybridized carbons (Fsp3) is 0.208. The van der Waals surface area contributed by atoms with Crippen LogP contribution in [0.3, 0.4) is 0 Å². The molecule has 0 atom stereocenters. The quantitative estimate of drug-likeness (QED) is 0.300. The first-order chi connectivity index (χ1) is 15.5. The summed E-state index contributed by atoms with van der Waals surface area (Å²) >= 11 is 2.62. The molecule has 32 heavy (non-hydrogen) atoms. The highest BCUT2D eigenvalue weighted by molar-refractivity contribution is 7.99. The van der Waals surface area contributed by atoms with E-state index in [9.17, 15) is 9.59 Å². The van der Waals surface area contributed by atoms with Gasteiger partial charge in [0.2, 0.25) is 5.91 Å². The van der Waals surface area contributed by atoms with Crippen molar-refractivity contribution < 1.29 is 9.53 Å². The minimum atomic E-state index is -0.175. The number of fused-ring (bicyclic) bond motifs is 1. The Morgan fingerprint density at radius 3 is 2.69 bits per heavy atom. The van der Waals surface area contributed by atoms with E-state index in [-0.39, 0.29) is 17.2 Å². The average Bonchev–Trinajstić information content (AvgIpc) is 3.25. The van der Waals surface area contributed by atoms with Gasteiger partial charge in [0.05, 0.1) is 23.6 Å². The van der Waals surface area contributed by atoms with Crippen LogP contribution in [0.5, 0.6) is 5.75 Å². The Bertz CT molecular complexity index is 1330. The summed E-state index contributed by atoms with van der Waals surface area (Å²) in [5.74, 6) is 0.706. The fourth-order valence-corrected chi connectivity index (χ4v) is 4.87. The summed E-state index contributed by atoms with van der Waals surface area (Å²) in [6.07, 6.45) is 0. The smallest absolute Gasteiger partial charge is 0.276 e. The summed E-state index contributed by atoms with van der Waals surface area (Å²) in [5, 5.41) is 5.24. The lowest BCUT2D eigenvalue weighted by atomic mass is 10.1. The molecule has 0 spiro atoms. The van der Waals surface area contributed by atoms with E-state index < -0.39 is 0 Å². The van der Waals surface area contributed by atoms with Crippen LogP contribution < -0.4 is 15.6 Å². The SMILES string of the molecule is CCOc1ccc(NC(=O)CSc2nc3ccsc3c(=O)n2-c2cccc(C)c2C)cc1. The highest BCUT2D eigenvalue weighted by atomic mass is 32.2. The number of amides is 1. The van der Waals surface area contributed by atoms with Crippen LogP contribution in [0, 0.1) is 13.8 Å². The maximum atomic E-state index is 13.3. The van der Waals surface area contributed by atoms with Gasteiger partial charge in [0.1, 0.15) is 10.4 Å². The molecule has 0 unspecified atom stereocenters. The van der Waals surface area contributed by atoms with Crippen molar-refractivity contribution >= 4 is 44.9 Å². The normalized spacial score (nSPS) is 11.0. The molecule has 2 aromatic heterocycles. The van der Waals surface area contributed by atoms with E-state index >= 15 is 0 Å². The summed E-state index contributed by atoms with van der Waals surface area (Å²) < 4.78 is 7.65. The first-order valence-electron chi connectivity index (χ1n) is 10.2. The van der Waals surface area contributed by atoms with Crippen molar-refractivity contribution in [3.63, 3.8) is 0 Å². The Morgan fingerprint density at radius 2 is 1.94 bits per heavy atom. The van der Waals surface area contributed by atoms with E-state index in [0.29, 0.717) is 27.7 Å². The molecule has 4 aromatic rings. The second kappa shape index (κ2) is 9.58. The molecular weight excluding hydrogens is 442 g/mol. The van der Waals surface area contributed by atoms with E-state index in [1.165, 1.54) is 23.1 Å². The van der Waals surface area contributed by atoms with Crippen LogP contribution in [0.25, 0.3) is 15.9 Å². The third-order valence-electron chi connectivity index (χ3n) is 5.05. The summed E-state index contributed by atoms with van der Waals surface area (Å²) in [5.41, 5.74) is 4.10. The van der Waals surface area contributed by atoms with Crippen LogP contribution >= 0.6 is 23.1 Å². The minimum absolute atomic E-state index is 0.117. The van der Waals surface area contributed by atoms with Gasteiger partial charge in [-0.05, 0) is 73.7 Å². The van der Waals surface area contributed by atoms with Gasteiger partial charge < -0.3 is 10.1 Å². The topological polar surface area (TPSA) is 73.2 Å². The molecule has 0 radical (unpaired) electrons. The van der Waals surface area contributed by atoms with Crippen LogP contribution in [0.4, 0.5) is 5.69 Å². The number of thiophene rings is 1. The molecule has 0 aliphatic rings. The first kappa shape index (κ1) is 22.1. The van der Waals surface area contributed by atoms with E-state index in [4.69, 9.17) is 9.72 Å². The van der Waals surface area contributed by atoms with Crippen molar-refractivity contribution in [1.29, 1.82) is 0 Å². The zero-order valence-corrected chi connectivity index (χ0v) is 19.7. The number of nitrogens with one attached hydrogen (secondary N) is 1. The summed E-state index contributed by atoms with van der Waals surface area (Å²) in [6, 6.07) is 14.9. The number of aryl methyl sites for hydroxylation is 1. The van der Waals surface area contributed by atoms with Gasteiger partial charge in [-0.3, -0.25) is 14.2 Å². The standard InChI is InChI=1S/C24H23N3O3S2/c1-4-30-18-10-8-17(9-11-18)25-21(28)14-32-24-26-19-12-13-31-22(19)23(29)27(24)20-7-5-6-15(2)16(20)3/h5-13H,4,14H2,1-3H3,(H,25,28). The molecule has 8 heteroatoms. The third kappa shape index (κ3) is 4.56. The second-order valence-corrected chi connectivity index (χ2v) is 9.04. The first-order valence-corrected chi connectivity index (χ1v) is 12.1. The Kier molecular flexibility index (Phi) is 6.62. The number of rotatable bonds is 7. The van der Waals surface area contributed by atoms with E-state index in [1.54, 1.807) is 16.7 Å². The van der Waals surface area contributed by atoms with Crippen molar-refractivity contribution in [2.75, 3.05) is 17.7 Å². The van der Waals surface area contributed by atoms with Gasteiger partial charge in [-0.2, -0.15) is 0 Å². The number of thioether (sulfide) groups is 1. The number of aromatic nitrogens is 2. The summed E-state index contributed by atoms with van der Waals surface area (Å²) in [7, 11) is 0. The monoisotopic (exact) mass is 465 g/mol. The number of carbonyl (C=O) groups excluding carboxylic acids is 1. The van der Waals surface area contributed by atoms with Gasteiger partial charge >= 0.3 is 0 Å². The molecule has 2 aromatic carbocycles. The zero-order chi connectivity index (χ0) is 22.7. The lowest BCUT2D eigenvalue weighted by molar-refractivity contribution is -0.113. The molecule has 0 aliphatic carbocycles. The van der Waals surface area contributed by atoms with Gasteiger partial charge in [0.15, 0.2) is 5.16 Å². The molecule has 0 bridgehead atoms. The van der Waals surface area contributed by atoms with Crippen LogP contribution in [-0.2, 0) is 4.79 Å². The van der Waals surface area contributed by atoms with Gasteiger partial charge in [-0.1, -0.05) is 23.9 Å². The lowest BCUT2D eigenvalue weighted by Gasteiger charge is -2.15. The predicted molar refractivity (Wildman–Crippen MR) is 132 cm³/mol. The van der Waals surface area contributed by atoms with Crippen molar-refractivity contribution in [3.8, 4) is 11.4 Å². The predicted octanol–water partition coefficient (Wildman–Crippen LogP) is 5.19. The lowest BCUT2D eigenvalue weighted by Crippen LogP contribution is -2.23. The Labute approximate surface area is 194 Å². The third-order valence-corrected chi connectivity index (χ3v) is 6.88. The van der Waals surface area contributed by atoms with Crippen molar-refractivity contribution in [2.24, 2.45) is 0 Å². The molecule has 1 amide bonds. The maximum Gasteiger partial charge on any atom is 0.276 e. The number of hydrogen-bond donors (Lipinski definition) is 1. The van der Waals surface area contributed by atoms with Crippen molar-refractivity contribution in [2.45, 2.75) is 25.9 Å². The van der Waals surface area contributed by atoms with Crippen LogP contribution in [0.15, 0.2) is 63.9 Å². The molecule has 0 aliphatic heterocycles. The molecule has 0 saturated heterocycles. The maximum absolute atomic E-state index is 13.3. The number of nitrogens with zero attached hydrogens (tertiary/aromatic N) is 2. The highest BCUT2D eigenvalue weighted by Crippen LogP contribution is 2.26. The van der Waals surface area contributed by atoms with Crippen molar-refractivity contribution in [1.82, 2.24) is 9.55 Å². The van der Waals surface area contributed by atoms with E-state index in [1.807, 2.05) is 62.5 Å². The van der Waals surface area contributed by atoms with Gasteiger partial charge in [0, 0.05) is 5.69 Å². The van der Waals surface area contributed by atoms with Crippen LogP contribution in [-0.4, -0.2) is 27.8 Å². The van der Waals surface area contributed by atoms with Crippen LogP contribution in [0.1, 0.15) is 18.1 Å². The number of hydrogen-bond acceptors (Lipinski definition) is 6. The number of benzene rings is 2. The largest absolute Gasteiger partial charge is 0.494 e. The van der Waals surface area contributed by atoms with E-state index in [0.717, 1.165) is 22.6 Å². The summed E-state index contributed by atoms with van der Waals surface area (Å²) in [4.78, 5) is 30.6. The summed E-state index contributed by atoms with van der Waals surface area (Å²) in [6.45, 7) is 6.51. The molecule has 6 nitrogen and oxygen atoms in total. The number of ether oxygens (including phenoxy) is 1. The fourth-order valence-electron chi connectivity index (χ4n) is 3.31. The molecule has 0 fully saturated rings. The Balaban J connectivity index is 1.60. The van der Waals surface area contributed by atoms with Crippen molar-refractivity contribution in [3.05, 3.63) is 75.4 Å². The van der Waals surface area contributed by atoms with Gasteiger partial charge in [-0.15, -0.1) is 11.3 Å². The van der Waals surface area contributed by atoms with Crippen LogP contribution in [0.2, 0.25) is 0 Å². The second-order valence-electron chi connectivity index (χ2n) is 7.18. The number of carbonyl (C=O) groups is 1. The zero-order valence-electron chi connectivity index (χ0n) is 18.0. The Morgan fingerprint density at radius 1 is 1.16 bits per heavy atom. The van der Waals surface area contributed by atoms with Gasteiger partial charge in [-0.25, -0.2) is 4.98 Å². The number of anilines is 1. The molecule has 2 heterocycles. The highest BCUT2D eigenvalue weighted by Gasteiger charge is 2.17. The minimum Gasteiger partial charge on any atom is -0.494 e. The average molecular weight is 466 g/mol. The molecular formula is C24H23N3O3S2. The molecule has 4 rings (SSSR count). The van der Waals surface area contributed by atoms with Gasteiger partial charge in [0.25, 0.3) is 5.56 Å². The molecule has 0 saturated carbocycles. The van der Waals surface area contributed by atoms with E-state index in [2.05, 4.69) is 5.32 Å².